The SMILES string of the molecule is CO[C@H]1CN(C(=O)OC(C)(C)C)CC1NC1CCS(=O)(=O)C1. The summed E-state index contributed by atoms with van der Waals surface area (Å²) < 4.78 is 33.9. The van der Waals surface area contributed by atoms with E-state index >= 15 is 0 Å². The van der Waals surface area contributed by atoms with E-state index in [1.165, 1.54) is 0 Å². The second-order valence-corrected chi connectivity index (χ2v) is 9.26. The van der Waals surface area contributed by atoms with Crippen LogP contribution in [0.5, 0.6) is 0 Å². The molecule has 1 amide bonds. The summed E-state index contributed by atoms with van der Waals surface area (Å²) in [5.41, 5.74) is -0.537. The summed E-state index contributed by atoms with van der Waals surface area (Å²) in [6.45, 7) is 6.39. The number of nitrogens with one attached hydrogen (secondary N) is 1. The Labute approximate surface area is 132 Å². The Bertz CT molecular complexity index is 514. The minimum atomic E-state index is -2.92. The molecule has 2 aliphatic rings. The number of hydrogen-bond acceptors (Lipinski definition) is 6. The molecule has 0 radical (unpaired) electrons. The van der Waals surface area contributed by atoms with Crippen molar-refractivity contribution in [2.24, 2.45) is 0 Å². The van der Waals surface area contributed by atoms with Gasteiger partial charge in [0.05, 0.1) is 30.2 Å². The number of sulfone groups is 1. The van der Waals surface area contributed by atoms with Crippen molar-refractivity contribution < 1.29 is 22.7 Å². The molecule has 0 bridgehead atoms. The number of carbonyl (C=O) groups is 1. The van der Waals surface area contributed by atoms with Gasteiger partial charge in [0, 0.05) is 19.7 Å². The Kier molecular flexibility index (Phi) is 5.03. The zero-order chi connectivity index (χ0) is 16.5. The van der Waals surface area contributed by atoms with E-state index in [1.807, 2.05) is 20.8 Å². The molecule has 1 N–H and O–H groups in total. The van der Waals surface area contributed by atoms with Crippen LogP contribution in [0.15, 0.2) is 0 Å². The van der Waals surface area contributed by atoms with Crippen molar-refractivity contribution in [1.82, 2.24) is 10.2 Å². The molecule has 0 aromatic heterocycles. The molecular weight excluding hydrogens is 308 g/mol. The molecule has 8 heteroatoms. The average Bonchev–Trinajstić information content (AvgIpc) is 2.91. The van der Waals surface area contributed by atoms with E-state index < -0.39 is 15.4 Å². The lowest BCUT2D eigenvalue weighted by atomic mass is 10.1. The quantitative estimate of drug-likeness (QED) is 0.804. The average molecular weight is 334 g/mol. The highest BCUT2D eigenvalue weighted by Crippen LogP contribution is 2.20. The van der Waals surface area contributed by atoms with Crippen LogP contribution < -0.4 is 5.32 Å². The lowest BCUT2D eigenvalue weighted by Gasteiger charge is -2.24. The fraction of sp³-hybridized carbons (Fsp3) is 0.929. The molecule has 2 heterocycles. The van der Waals surface area contributed by atoms with Crippen molar-refractivity contribution in [1.29, 1.82) is 0 Å². The summed E-state index contributed by atoms with van der Waals surface area (Å²) >= 11 is 0. The van der Waals surface area contributed by atoms with Crippen LogP contribution >= 0.6 is 0 Å². The third-order valence-electron chi connectivity index (χ3n) is 3.90. The largest absolute Gasteiger partial charge is 0.444 e. The standard InChI is InChI=1S/C14H26N2O5S/c1-14(2,3)21-13(17)16-7-11(12(8-16)20-4)15-10-5-6-22(18,19)9-10/h10-12,15H,5-9H2,1-4H3/t10?,11?,12-/m0/s1. The van der Waals surface area contributed by atoms with Gasteiger partial charge in [-0.1, -0.05) is 0 Å². The highest BCUT2D eigenvalue weighted by atomic mass is 32.2. The van der Waals surface area contributed by atoms with E-state index in [0.717, 1.165) is 0 Å². The first-order valence-electron chi connectivity index (χ1n) is 7.57. The Hall–Kier alpha value is -0.860. The van der Waals surface area contributed by atoms with Crippen molar-refractivity contribution in [2.45, 2.75) is 51.0 Å². The smallest absolute Gasteiger partial charge is 0.410 e. The predicted molar refractivity (Wildman–Crippen MR) is 82.6 cm³/mol. The molecule has 2 unspecified atom stereocenters. The van der Waals surface area contributed by atoms with Gasteiger partial charge in [-0.3, -0.25) is 0 Å². The van der Waals surface area contributed by atoms with Crippen LogP contribution in [0.3, 0.4) is 0 Å². The van der Waals surface area contributed by atoms with Gasteiger partial charge >= 0.3 is 6.09 Å². The summed E-state index contributed by atoms with van der Waals surface area (Å²) in [7, 11) is -1.32. The van der Waals surface area contributed by atoms with Crippen LogP contribution in [0.25, 0.3) is 0 Å². The zero-order valence-electron chi connectivity index (χ0n) is 13.7. The third-order valence-corrected chi connectivity index (χ3v) is 5.67. The summed E-state index contributed by atoms with van der Waals surface area (Å²) in [5, 5.41) is 3.33. The van der Waals surface area contributed by atoms with Crippen LogP contribution in [-0.4, -0.2) is 74.9 Å². The minimum Gasteiger partial charge on any atom is -0.444 e. The summed E-state index contributed by atoms with van der Waals surface area (Å²) in [4.78, 5) is 13.7. The number of rotatable bonds is 3. The van der Waals surface area contributed by atoms with Crippen molar-refractivity contribution in [3.05, 3.63) is 0 Å². The van der Waals surface area contributed by atoms with Crippen LogP contribution in [0.1, 0.15) is 27.2 Å². The molecule has 0 aromatic rings. The number of hydrogen-bond donors (Lipinski definition) is 1. The predicted octanol–water partition coefficient (Wildman–Crippen LogP) is 0.397. The topological polar surface area (TPSA) is 84.9 Å². The first-order valence-corrected chi connectivity index (χ1v) is 9.39. The van der Waals surface area contributed by atoms with Crippen molar-refractivity contribution in [2.75, 3.05) is 31.7 Å². The van der Waals surface area contributed by atoms with E-state index in [2.05, 4.69) is 5.32 Å². The van der Waals surface area contributed by atoms with Crippen LogP contribution in [0, 0.1) is 0 Å². The summed E-state index contributed by atoms with van der Waals surface area (Å²) in [6.07, 6.45) is 0.0931. The monoisotopic (exact) mass is 334 g/mol. The Balaban J connectivity index is 1.93. The zero-order valence-corrected chi connectivity index (χ0v) is 14.5. The van der Waals surface area contributed by atoms with Gasteiger partial charge in [-0.2, -0.15) is 0 Å². The Morgan fingerprint density at radius 1 is 1.27 bits per heavy atom. The van der Waals surface area contributed by atoms with Gasteiger partial charge in [-0.25, -0.2) is 13.2 Å². The summed E-state index contributed by atoms with van der Waals surface area (Å²) in [5.74, 6) is 0.386. The fourth-order valence-corrected chi connectivity index (χ4v) is 4.56. The minimum absolute atomic E-state index is 0.0637. The molecule has 2 aliphatic heterocycles. The lowest BCUT2D eigenvalue weighted by molar-refractivity contribution is 0.0252. The van der Waals surface area contributed by atoms with Gasteiger partial charge in [0.2, 0.25) is 0 Å². The number of nitrogens with zero attached hydrogens (tertiary/aromatic N) is 1. The normalized spacial score (nSPS) is 31.5. The maximum absolute atomic E-state index is 12.1. The van der Waals surface area contributed by atoms with Crippen molar-refractivity contribution in [3.8, 4) is 0 Å². The first kappa shape index (κ1) is 17.5. The van der Waals surface area contributed by atoms with E-state index in [1.54, 1.807) is 12.0 Å². The number of amides is 1. The maximum atomic E-state index is 12.1. The molecule has 0 aromatic carbocycles. The number of carbonyl (C=O) groups excluding carboxylic acids is 1. The van der Waals surface area contributed by atoms with E-state index in [9.17, 15) is 13.2 Å². The fourth-order valence-electron chi connectivity index (χ4n) is 2.88. The molecule has 0 aliphatic carbocycles. The van der Waals surface area contributed by atoms with E-state index in [4.69, 9.17) is 9.47 Å². The van der Waals surface area contributed by atoms with Gasteiger partial charge in [0.25, 0.3) is 0 Å². The van der Waals surface area contributed by atoms with Gasteiger partial charge in [-0.15, -0.1) is 0 Å². The van der Waals surface area contributed by atoms with E-state index in [0.29, 0.717) is 19.5 Å². The lowest BCUT2D eigenvalue weighted by Crippen LogP contribution is -2.46. The molecule has 2 rings (SSSR count). The second kappa shape index (κ2) is 6.33. The van der Waals surface area contributed by atoms with Crippen LogP contribution in [0.2, 0.25) is 0 Å². The number of likely N-dealkylation sites (tertiary alicyclic amines) is 1. The van der Waals surface area contributed by atoms with Gasteiger partial charge < -0.3 is 19.7 Å². The Morgan fingerprint density at radius 3 is 2.45 bits per heavy atom. The van der Waals surface area contributed by atoms with Gasteiger partial charge in [0.1, 0.15) is 5.60 Å². The van der Waals surface area contributed by atoms with Gasteiger partial charge in [0.15, 0.2) is 9.84 Å². The molecule has 0 saturated carbocycles. The third kappa shape index (κ3) is 4.57. The number of ether oxygens (including phenoxy) is 2. The molecule has 2 fully saturated rings. The van der Waals surface area contributed by atoms with Crippen LogP contribution in [0.4, 0.5) is 4.79 Å². The molecule has 7 nitrogen and oxygen atoms in total. The molecular formula is C14H26N2O5S. The number of methoxy groups -OCH3 is 1. The van der Waals surface area contributed by atoms with Crippen molar-refractivity contribution >= 4 is 15.9 Å². The van der Waals surface area contributed by atoms with Gasteiger partial charge in [-0.05, 0) is 27.2 Å². The first-order chi connectivity index (χ1) is 10.1. The molecule has 2 saturated heterocycles. The molecule has 0 spiro atoms. The highest BCUT2D eigenvalue weighted by Gasteiger charge is 2.39. The molecule has 22 heavy (non-hydrogen) atoms. The van der Waals surface area contributed by atoms with Crippen LogP contribution in [-0.2, 0) is 19.3 Å². The van der Waals surface area contributed by atoms with E-state index in [-0.39, 0.29) is 35.8 Å². The van der Waals surface area contributed by atoms with Crippen molar-refractivity contribution in [3.63, 3.8) is 0 Å². The maximum Gasteiger partial charge on any atom is 0.410 e. The summed E-state index contributed by atoms with van der Waals surface area (Å²) in [6, 6.07) is -0.137. The Morgan fingerprint density at radius 2 is 1.95 bits per heavy atom. The highest BCUT2D eigenvalue weighted by molar-refractivity contribution is 7.91. The second-order valence-electron chi connectivity index (χ2n) is 7.03. The molecule has 3 atom stereocenters. The molecule has 128 valence electrons.